The van der Waals surface area contributed by atoms with Crippen LogP contribution >= 0.6 is 0 Å². The van der Waals surface area contributed by atoms with E-state index < -0.39 is 11.2 Å². The van der Waals surface area contributed by atoms with Gasteiger partial charge in [-0.15, -0.1) is 0 Å². The number of aromatic nitrogens is 2. The summed E-state index contributed by atoms with van der Waals surface area (Å²) >= 11 is 0. The molecule has 0 aliphatic rings. The fourth-order valence-electron chi connectivity index (χ4n) is 1.19. The molecule has 0 aliphatic heterocycles. The van der Waals surface area contributed by atoms with E-state index in [4.69, 9.17) is 5.26 Å². The van der Waals surface area contributed by atoms with Crippen molar-refractivity contribution >= 4 is 10.9 Å². The zero-order chi connectivity index (χ0) is 10.1. The molecule has 2 heterocycles. The van der Waals surface area contributed by atoms with E-state index >= 15 is 0 Å². The zero-order valence-corrected chi connectivity index (χ0v) is 6.91. The lowest BCUT2D eigenvalue weighted by Gasteiger charge is -1.97. The molecule has 14 heavy (non-hydrogen) atoms. The number of pyridine rings is 2. The second-order valence-electron chi connectivity index (χ2n) is 2.69. The van der Waals surface area contributed by atoms with Crippen LogP contribution in [0.5, 0.6) is 0 Å². The highest BCUT2D eigenvalue weighted by Crippen LogP contribution is 2.09. The van der Waals surface area contributed by atoms with Crippen molar-refractivity contribution in [2.45, 2.75) is 0 Å². The Bertz CT molecular complexity index is 597. The van der Waals surface area contributed by atoms with Gasteiger partial charge in [-0.2, -0.15) is 5.26 Å². The van der Waals surface area contributed by atoms with E-state index in [0.717, 1.165) is 6.20 Å². The lowest BCUT2D eigenvalue weighted by molar-refractivity contribution is 0.631. The first-order valence-corrected chi connectivity index (χ1v) is 3.79. The van der Waals surface area contributed by atoms with Crippen molar-refractivity contribution in [3.8, 4) is 6.07 Å². The summed E-state index contributed by atoms with van der Waals surface area (Å²) in [5.41, 5.74) is -0.484. The van der Waals surface area contributed by atoms with Crippen molar-refractivity contribution in [1.82, 2.24) is 9.97 Å². The van der Waals surface area contributed by atoms with Gasteiger partial charge in [0.05, 0.1) is 17.1 Å². The first-order valence-electron chi connectivity index (χ1n) is 3.79. The minimum atomic E-state index is -0.607. The van der Waals surface area contributed by atoms with Crippen molar-refractivity contribution < 1.29 is 4.39 Å². The quantitative estimate of drug-likeness (QED) is 0.670. The molecule has 2 rings (SSSR count). The third-order valence-electron chi connectivity index (χ3n) is 1.87. The van der Waals surface area contributed by atoms with Crippen LogP contribution in [0.15, 0.2) is 23.4 Å². The first kappa shape index (κ1) is 8.38. The first-order chi connectivity index (χ1) is 6.74. The van der Waals surface area contributed by atoms with Crippen molar-refractivity contribution in [1.29, 1.82) is 5.26 Å². The van der Waals surface area contributed by atoms with Gasteiger partial charge in [-0.3, -0.25) is 9.78 Å². The fourth-order valence-corrected chi connectivity index (χ4v) is 1.19. The van der Waals surface area contributed by atoms with E-state index in [1.165, 1.54) is 12.4 Å². The van der Waals surface area contributed by atoms with Crippen LogP contribution in [0.2, 0.25) is 0 Å². The molecule has 5 heteroatoms. The van der Waals surface area contributed by atoms with Crippen LogP contribution in [0.25, 0.3) is 10.9 Å². The predicted octanol–water partition coefficient (Wildman–Crippen LogP) is 0.934. The average molecular weight is 189 g/mol. The van der Waals surface area contributed by atoms with E-state index in [2.05, 4.69) is 9.97 Å². The fraction of sp³-hybridized carbons (Fsp3) is 0. The Labute approximate surface area is 77.6 Å². The van der Waals surface area contributed by atoms with Crippen molar-refractivity contribution in [2.75, 3.05) is 0 Å². The number of nitrogens with one attached hydrogen (secondary N) is 1. The third-order valence-corrected chi connectivity index (χ3v) is 1.87. The van der Waals surface area contributed by atoms with Gasteiger partial charge in [0.2, 0.25) is 5.43 Å². The number of nitriles is 1. The molecule has 0 unspecified atom stereocenters. The van der Waals surface area contributed by atoms with Gasteiger partial charge in [0, 0.05) is 12.4 Å². The second-order valence-corrected chi connectivity index (χ2v) is 2.69. The summed E-state index contributed by atoms with van der Waals surface area (Å²) in [5.74, 6) is -0.607. The molecule has 4 nitrogen and oxygen atoms in total. The van der Waals surface area contributed by atoms with Gasteiger partial charge in [0.15, 0.2) is 5.82 Å². The summed E-state index contributed by atoms with van der Waals surface area (Å²) in [6.07, 6.45) is 3.43. The largest absolute Gasteiger partial charge is 0.357 e. The number of rotatable bonds is 0. The molecule has 0 saturated heterocycles. The van der Waals surface area contributed by atoms with Gasteiger partial charge < -0.3 is 4.98 Å². The third kappa shape index (κ3) is 1.05. The van der Waals surface area contributed by atoms with Gasteiger partial charge in [0.25, 0.3) is 0 Å². The standard InChI is InChI=1S/C9H4FN3O/c10-7-4-12-3-6-8(7)13-2-5(1-11)9(6)14/h2-4H,(H,13,14). The van der Waals surface area contributed by atoms with Crippen LogP contribution < -0.4 is 5.43 Å². The van der Waals surface area contributed by atoms with Crippen LogP contribution in [0.1, 0.15) is 5.56 Å². The molecule has 68 valence electrons. The zero-order valence-electron chi connectivity index (χ0n) is 6.91. The van der Waals surface area contributed by atoms with E-state index in [-0.39, 0.29) is 16.5 Å². The monoisotopic (exact) mass is 189 g/mol. The van der Waals surface area contributed by atoms with Gasteiger partial charge in [0.1, 0.15) is 11.6 Å². The molecule has 0 radical (unpaired) electrons. The summed E-state index contributed by atoms with van der Waals surface area (Å²) in [6, 6.07) is 1.71. The maximum Gasteiger partial charge on any atom is 0.208 e. The molecular formula is C9H4FN3O. The number of nitrogens with zero attached hydrogens (tertiary/aromatic N) is 2. The molecule has 0 amide bonds. The number of fused-ring (bicyclic) bond motifs is 1. The molecule has 0 fully saturated rings. The van der Waals surface area contributed by atoms with Crippen molar-refractivity contribution in [3.05, 3.63) is 40.2 Å². The van der Waals surface area contributed by atoms with E-state index in [1.807, 2.05) is 0 Å². The molecule has 0 spiro atoms. The Hall–Kier alpha value is -2.22. The molecule has 0 saturated carbocycles. The number of aromatic amines is 1. The lowest BCUT2D eigenvalue weighted by atomic mass is 10.2. The Balaban J connectivity index is 3.00. The van der Waals surface area contributed by atoms with Gasteiger partial charge in [-0.05, 0) is 0 Å². The summed E-state index contributed by atoms with van der Waals surface area (Å²) in [4.78, 5) is 17.5. The number of hydrogen-bond donors (Lipinski definition) is 1. The number of halogens is 1. The minimum Gasteiger partial charge on any atom is -0.357 e. The molecule has 0 aliphatic carbocycles. The van der Waals surface area contributed by atoms with Crippen LogP contribution in [0, 0.1) is 17.1 Å². The van der Waals surface area contributed by atoms with Crippen LogP contribution in [-0.4, -0.2) is 9.97 Å². The Morgan fingerprint density at radius 1 is 1.50 bits per heavy atom. The van der Waals surface area contributed by atoms with Crippen LogP contribution in [0.3, 0.4) is 0 Å². The topological polar surface area (TPSA) is 69.5 Å². The highest BCUT2D eigenvalue weighted by atomic mass is 19.1. The molecule has 1 N–H and O–H groups in total. The Morgan fingerprint density at radius 2 is 2.29 bits per heavy atom. The summed E-state index contributed by atoms with van der Waals surface area (Å²) in [5, 5.41) is 8.65. The normalized spacial score (nSPS) is 10.0. The lowest BCUT2D eigenvalue weighted by Crippen LogP contribution is -2.08. The van der Waals surface area contributed by atoms with Crippen molar-refractivity contribution in [2.24, 2.45) is 0 Å². The van der Waals surface area contributed by atoms with E-state index in [9.17, 15) is 9.18 Å². The highest BCUT2D eigenvalue weighted by molar-refractivity contribution is 5.78. The molecule has 2 aromatic rings. The van der Waals surface area contributed by atoms with Crippen LogP contribution in [0.4, 0.5) is 4.39 Å². The van der Waals surface area contributed by atoms with Crippen molar-refractivity contribution in [3.63, 3.8) is 0 Å². The summed E-state index contributed by atoms with van der Waals surface area (Å²) < 4.78 is 13.1. The molecule has 0 aromatic carbocycles. The molecular weight excluding hydrogens is 185 g/mol. The van der Waals surface area contributed by atoms with Gasteiger partial charge in [-0.1, -0.05) is 0 Å². The molecule has 2 aromatic heterocycles. The molecule has 0 bridgehead atoms. The van der Waals surface area contributed by atoms with E-state index in [0.29, 0.717) is 0 Å². The summed E-state index contributed by atoms with van der Waals surface area (Å²) in [6.45, 7) is 0. The maximum absolute atomic E-state index is 13.1. The smallest absolute Gasteiger partial charge is 0.208 e. The minimum absolute atomic E-state index is 0.0510. The van der Waals surface area contributed by atoms with Crippen LogP contribution in [-0.2, 0) is 0 Å². The SMILES string of the molecule is N#Cc1c[nH]c2c(F)cncc2c1=O. The Morgan fingerprint density at radius 3 is 3.00 bits per heavy atom. The predicted molar refractivity (Wildman–Crippen MR) is 47.0 cm³/mol. The number of H-pyrrole nitrogens is 1. The summed E-state index contributed by atoms with van der Waals surface area (Å²) in [7, 11) is 0. The Kier molecular flexibility index (Phi) is 1.75. The number of hydrogen-bond acceptors (Lipinski definition) is 3. The average Bonchev–Trinajstić information content (AvgIpc) is 2.20. The highest BCUT2D eigenvalue weighted by Gasteiger charge is 2.07. The maximum atomic E-state index is 13.1. The second kappa shape index (κ2) is 2.92. The molecule has 0 atom stereocenters. The van der Waals surface area contributed by atoms with E-state index in [1.54, 1.807) is 6.07 Å². The van der Waals surface area contributed by atoms with Gasteiger partial charge in [-0.25, -0.2) is 4.39 Å². The van der Waals surface area contributed by atoms with Gasteiger partial charge >= 0.3 is 0 Å².